The van der Waals surface area contributed by atoms with E-state index in [2.05, 4.69) is 0 Å². The molecule has 0 aliphatic heterocycles. The number of hydrogen-bond acceptors (Lipinski definition) is 2. The zero-order valence-corrected chi connectivity index (χ0v) is 9.30. The van der Waals surface area contributed by atoms with Crippen LogP contribution >= 0.6 is 0 Å². The molecule has 0 bridgehead atoms. The van der Waals surface area contributed by atoms with Crippen molar-refractivity contribution in [2.45, 2.75) is 32.1 Å². The SMILES string of the molecule is CN(CCCC(=O)O)C(=O)C1(C)CC1(F)F. The van der Waals surface area contributed by atoms with Gasteiger partial charge in [-0.2, -0.15) is 0 Å². The third-order valence-corrected chi connectivity index (χ3v) is 2.96. The Bertz CT molecular complexity index is 319. The predicted molar refractivity (Wildman–Crippen MR) is 52.2 cm³/mol. The standard InChI is InChI=1S/C10H15F2NO3/c1-9(6-10(9,11)12)8(16)13(2)5-3-4-7(14)15/h3-6H2,1-2H3,(H,14,15). The first-order valence-electron chi connectivity index (χ1n) is 5.06. The van der Waals surface area contributed by atoms with Crippen LogP contribution in [0.4, 0.5) is 8.78 Å². The monoisotopic (exact) mass is 235 g/mol. The molecule has 0 heterocycles. The molecule has 0 aromatic heterocycles. The Morgan fingerprint density at radius 1 is 1.44 bits per heavy atom. The quantitative estimate of drug-likeness (QED) is 0.782. The highest BCUT2D eigenvalue weighted by molar-refractivity contribution is 5.86. The van der Waals surface area contributed by atoms with Gasteiger partial charge in [0.05, 0.1) is 0 Å². The molecule has 0 saturated heterocycles. The minimum Gasteiger partial charge on any atom is -0.481 e. The number of aliphatic carboxylic acids is 1. The Morgan fingerprint density at radius 2 is 1.94 bits per heavy atom. The summed E-state index contributed by atoms with van der Waals surface area (Å²) in [6, 6.07) is 0. The first-order chi connectivity index (χ1) is 7.21. The second-order valence-corrected chi connectivity index (χ2v) is 4.44. The first kappa shape index (κ1) is 12.9. The number of halogens is 2. The minimum atomic E-state index is -2.91. The van der Waals surface area contributed by atoms with E-state index in [4.69, 9.17) is 5.11 Å². The van der Waals surface area contributed by atoms with E-state index in [1.807, 2.05) is 0 Å². The van der Waals surface area contributed by atoms with Crippen molar-refractivity contribution >= 4 is 11.9 Å². The predicted octanol–water partition coefficient (Wildman–Crippen LogP) is 1.35. The molecular formula is C10H15F2NO3. The summed E-state index contributed by atoms with van der Waals surface area (Å²) in [6.45, 7) is 1.43. The number of hydrogen-bond donors (Lipinski definition) is 1. The Balaban J connectivity index is 2.41. The van der Waals surface area contributed by atoms with E-state index in [0.29, 0.717) is 0 Å². The van der Waals surface area contributed by atoms with E-state index in [9.17, 15) is 18.4 Å². The van der Waals surface area contributed by atoms with E-state index >= 15 is 0 Å². The van der Waals surface area contributed by atoms with Crippen LogP contribution in [0, 0.1) is 5.41 Å². The molecule has 1 unspecified atom stereocenters. The molecule has 1 N–H and O–H groups in total. The topological polar surface area (TPSA) is 57.6 Å². The molecule has 1 aliphatic carbocycles. The van der Waals surface area contributed by atoms with E-state index < -0.39 is 29.6 Å². The minimum absolute atomic E-state index is 0.0648. The lowest BCUT2D eigenvalue weighted by molar-refractivity contribution is -0.140. The number of rotatable bonds is 5. The number of carbonyl (C=O) groups excluding carboxylic acids is 1. The molecule has 0 aromatic carbocycles. The maximum absolute atomic E-state index is 12.9. The molecule has 0 spiro atoms. The average Bonchev–Trinajstić information content (AvgIpc) is 2.65. The zero-order valence-electron chi connectivity index (χ0n) is 9.30. The van der Waals surface area contributed by atoms with Crippen LogP contribution in [-0.2, 0) is 9.59 Å². The van der Waals surface area contributed by atoms with Crippen LogP contribution in [0.15, 0.2) is 0 Å². The van der Waals surface area contributed by atoms with Crippen LogP contribution < -0.4 is 0 Å². The number of carboxylic acid groups (broad SMARTS) is 1. The number of nitrogens with zero attached hydrogens (tertiary/aromatic N) is 1. The van der Waals surface area contributed by atoms with Crippen LogP contribution in [0.1, 0.15) is 26.2 Å². The van der Waals surface area contributed by atoms with Crippen LogP contribution in [0.25, 0.3) is 0 Å². The summed E-state index contributed by atoms with van der Waals surface area (Å²) in [7, 11) is 1.42. The van der Waals surface area contributed by atoms with Crippen molar-refractivity contribution < 1.29 is 23.5 Å². The summed E-state index contributed by atoms with van der Waals surface area (Å²) in [5.74, 6) is -4.47. The largest absolute Gasteiger partial charge is 0.481 e. The van der Waals surface area contributed by atoms with Gasteiger partial charge in [-0.15, -0.1) is 0 Å². The Morgan fingerprint density at radius 3 is 2.31 bits per heavy atom. The fourth-order valence-electron chi connectivity index (χ4n) is 1.62. The molecule has 1 rings (SSSR count). The van der Waals surface area contributed by atoms with Gasteiger partial charge in [0, 0.05) is 26.4 Å². The summed E-state index contributed by atoms with van der Waals surface area (Å²) in [6.07, 6.45) is -0.202. The Labute approximate surface area is 92.2 Å². The van der Waals surface area contributed by atoms with Crippen LogP contribution in [0.5, 0.6) is 0 Å². The van der Waals surface area contributed by atoms with Crippen molar-refractivity contribution in [3.8, 4) is 0 Å². The third-order valence-electron chi connectivity index (χ3n) is 2.96. The molecule has 1 saturated carbocycles. The van der Waals surface area contributed by atoms with E-state index in [1.165, 1.54) is 18.9 Å². The highest BCUT2D eigenvalue weighted by atomic mass is 19.3. The number of carboxylic acids is 1. The number of amides is 1. The van der Waals surface area contributed by atoms with Crippen molar-refractivity contribution in [2.24, 2.45) is 5.41 Å². The molecule has 16 heavy (non-hydrogen) atoms. The number of carbonyl (C=O) groups is 2. The first-order valence-corrected chi connectivity index (χ1v) is 5.06. The number of alkyl halides is 2. The normalized spacial score (nSPS) is 26.2. The molecular weight excluding hydrogens is 220 g/mol. The molecule has 1 amide bonds. The second kappa shape index (κ2) is 3.99. The van der Waals surface area contributed by atoms with Crippen molar-refractivity contribution in [1.29, 1.82) is 0 Å². The summed E-state index contributed by atoms with van der Waals surface area (Å²) < 4.78 is 25.8. The lowest BCUT2D eigenvalue weighted by Crippen LogP contribution is -2.36. The van der Waals surface area contributed by atoms with E-state index in [1.54, 1.807) is 0 Å². The summed E-state index contributed by atoms with van der Waals surface area (Å²) in [4.78, 5) is 23.0. The van der Waals surface area contributed by atoms with Gasteiger partial charge in [-0.3, -0.25) is 9.59 Å². The lowest BCUT2D eigenvalue weighted by Gasteiger charge is -2.20. The Kier molecular flexibility index (Phi) is 3.21. The fourth-order valence-corrected chi connectivity index (χ4v) is 1.62. The average molecular weight is 235 g/mol. The van der Waals surface area contributed by atoms with Crippen LogP contribution in [0.2, 0.25) is 0 Å². The van der Waals surface area contributed by atoms with E-state index in [-0.39, 0.29) is 19.4 Å². The van der Waals surface area contributed by atoms with Gasteiger partial charge in [-0.1, -0.05) is 0 Å². The highest BCUT2D eigenvalue weighted by Crippen LogP contribution is 2.60. The molecule has 1 fully saturated rings. The Hall–Kier alpha value is -1.20. The maximum Gasteiger partial charge on any atom is 0.303 e. The molecule has 6 heteroatoms. The van der Waals surface area contributed by atoms with Crippen molar-refractivity contribution in [1.82, 2.24) is 4.90 Å². The van der Waals surface area contributed by atoms with Crippen LogP contribution in [0.3, 0.4) is 0 Å². The van der Waals surface area contributed by atoms with Crippen molar-refractivity contribution in [3.05, 3.63) is 0 Å². The van der Waals surface area contributed by atoms with Crippen molar-refractivity contribution in [3.63, 3.8) is 0 Å². The molecule has 1 aliphatic rings. The van der Waals surface area contributed by atoms with Gasteiger partial charge in [0.15, 0.2) is 0 Å². The van der Waals surface area contributed by atoms with Gasteiger partial charge in [0.2, 0.25) is 5.91 Å². The third kappa shape index (κ3) is 2.31. The van der Waals surface area contributed by atoms with Gasteiger partial charge in [-0.05, 0) is 13.3 Å². The van der Waals surface area contributed by atoms with Crippen LogP contribution in [-0.4, -0.2) is 41.4 Å². The molecule has 0 radical (unpaired) electrons. The summed E-state index contributed by atoms with van der Waals surface area (Å²) in [5.41, 5.74) is -1.58. The van der Waals surface area contributed by atoms with Gasteiger partial charge in [0.25, 0.3) is 5.92 Å². The lowest BCUT2D eigenvalue weighted by atomic mass is 10.1. The molecule has 92 valence electrons. The zero-order chi connectivity index (χ0) is 12.6. The van der Waals surface area contributed by atoms with Gasteiger partial charge in [-0.25, -0.2) is 8.78 Å². The molecule has 0 aromatic rings. The molecule has 4 nitrogen and oxygen atoms in total. The summed E-state index contributed by atoms with van der Waals surface area (Å²) >= 11 is 0. The maximum atomic E-state index is 12.9. The van der Waals surface area contributed by atoms with Gasteiger partial charge >= 0.3 is 5.97 Å². The van der Waals surface area contributed by atoms with Crippen molar-refractivity contribution in [2.75, 3.05) is 13.6 Å². The molecule has 1 atom stereocenters. The van der Waals surface area contributed by atoms with Gasteiger partial charge in [0.1, 0.15) is 5.41 Å². The summed E-state index contributed by atoms with van der Waals surface area (Å²) in [5, 5.41) is 8.40. The van der Waals surface area contributed by atoms with Gasteiger partial charge < -0.3 is 10.0 Å². The highest BCUT2D eigenvalue weighted by Gasteiger charge is 2.73. The second-order valence-electron chi connectivity index (χ2n) is 4.44. The van der Waals surface area contributed by atoms with E-state index in [0.717, 1.165) is 0 Å². The smallest absolute Gasteiger partial charge is 0.303 e. The fraction of sp³-hybridized carbons (Fsp3) is 0.800.